The summed E-state index contributed by atoms with van der Waals surface area (Å²) in [5, 5.41) is 3.10. The Morgan fingerprint density at radius 2 is 1.80 bits per heavy atom. The molecule has 5 heteroatoms. The van der Waals surface area contributed by atoms with E-state index in [-0.39, 0.29) is 11.8 Å². The van der Waals surface area contributed by atoms with E-state index in [1.807, 2.05) is 6.07 Å². The zero-order valence-corrected chi connectivity index (χ0v) is 15.2. The van der Waals surface area contributed by atoms with Gasteiger partial charge in [0.1, 0.15) is 0 Å². The highest BCUT2D eigenvalue weighted by atomic mass is 16.2. The van der Waals surface area contributed by atoms with Crippen LogP contribution in [0.5, 0.6) is 0 Å². The van der Waals surface area contributed by atoms with Gasteiger partial charge < -0.3 is 10.2 Å². The predicted molar refractivity (Wildman–Crippen MR) is 100 cm³/mol. The quantitative estimate of drug-likeness (QED) is 0.833. The number of benzene rings is 1. The minimum Gasteiger partial charge on any atom is -0.331 e. The zero-order valence-electron chi connectivity index (χ0n) is 15.2. The minimum atomic E-state index is -0.268. The molecule has 1 aliphatic heterocycles. The van der Waals surface area contributed by atoms with E-state index in [4.69, 9.17) is 6.42 Å². The molecule has 5 nitrogen and oxygen atoms in total. The Kier molecular flexibility index (Phi) is 7.03. The van der Waals surface area contributed by atoms with E-state index in [0.717, 1.165) is 42.6 Å². The number of nitrogens with one attached hydrogen (secondary N) is 1. The number of nitrogens with zero attached hydrogens (tertiary/aromatic N) is 2. The summed E-state index contributed by atoms with van der Waals surface area (Å²) in [5.74, 6) is 1.89. The summed E-state index contributed by atoms with van der Waals surface area (Å²) in [6.07, 6.45) is 7.79. The third-order valence-corrected chi connectivity index (χ3v) is 4.63. The highest BCUT2D eigenvalue weighted by Gasteiger charge is 2.20. The SMILES string of the molecule is C#CC(=O)N1CCCN(CC(=O)Nc2c(CC)cccc2CC)CC1. The van der Waals surface area contributed by atoms with Crippen LogP contribution in [-0.2, 0) is 22.4 Å². The second-order valence-electron chi connectivity index (χ2n) is 6.27. The molecule has 1 N–H and O–H groups in total. The number of amides is 2. The Morgan fingerprint density at radius 3 is 2.40 bits per heavy atom. The van der Waals surface area contributed by atoms with Gasteiger partial charge >= 0.3 is 0 Å². The highest BCUT2D eigenvalue weighted by molar-refractivity contribution is 5.94. The molecule has 1 aliphatic rings. The summed E-state index contributed by atoms with van der Waals surface area (Å²) < 4.78 is 0. The Bertz CT molecular complexity index is 641. The lowest BCUT2D eigenvalue weighted by atomic mass is 10.0. The van der Waals surface area contributed by atoms with Gasteiger partial charge in [-0.1, -0.05) is 32.0 Å². The van der Waals surface area contributed by atoms with Crippen LogP contribution in [0.1, 0.15) is 31.4 Å². The highest BCUT2D eigenvalue weighted by Crippen LogP contribution is 2.22. The molecule has 0 unspecified atom stereocenters. The Labute approximate surface area is 150 Å². The predicted octanol–water partition coefficient (Wildman–Crippen LogP) is 1.92. The molecule has 1 aromatic rings. The molecule has 0 atom stereocenters. The number of hydrogen-bond donors (Lipinski definition) is 1. The van der Waals surface area contributed by atoms with Gasteiger partial charge in [0.15, 0.2) is 0 Å². The standard InChI is InChI=1S/C20H27N3O2/c1-4-16-9-7-10-17(5-2)20(16)21-18(24)15-22-11-8-12-23(14-13-22)19(25)6-3/h3,7,9-10H,4-5,8,11-15H2,1-2H3,(H,21,24). The van der Waals surface area contributed by atoms with Crippen molar-refractivity contribution >= 4 is 17.5 Å². The van der Waals surface area contributed by atoms with Crippen molar-refractivity contribution in [3.8, 4) is 12.3 Å². The zero-order chi connectivity index (χ0) is 18.2. The molecule has 134 valence electrons. The second kappa shape index (κ2) is 9.24. The average molecular weight is 341 g/mol. The van der Waals surface area contributed by atoms with Crippen molar-refractivity contribution in [1.29, 1.82) is 0 Å². The van der Waals surface area contributed by atoms with Crippen LogP contribution in [0.3, 0.4) is 0 Å². The van der Waals surface area contributed by atoms with Crippen LogP contribution in [-0.4, -0.2) is 54.3 Å². The van der Waals surface area contributed by atoms with E-state index in [1.165, 1.54) is 0 Å². The van der Waals surface area contributed by atoms with Crippen molar-refractivity contribution < 1.29 is 9.59 Å². The molecule has 0 aliphatic carbocycles. The first-order valence-corrected chi connectivity index (χ1v) is 8.97. The number of para-hydroxylation sites is 1. The van der Waals surface area contributed by atoms with Crippen LogP contribution in [0.15, 0.2) is 18.2 Å². The van der Waals surface area contributed by atoms with Crippen LogP contribution in [0, 0.1) is 12.3 Å². The number of hydrogen-bond acceptors (Lipinski definition) is 3. The fraction of sp³-hybridized carbons (Fsp3) is 0.500. The van der Waals surface area contributed by atoms with Gasteiger partial charge in [-0.25, -0.2) is 0 Å². The van der Waals surface area contributed by atoms with E-state index in [2.05, 4.69) is 42.1 Å². The fourth-order valence-corrected chi connectivity index (χ4v) is 3.21. The van der Waals surface area contributed by atoms with Gasteiger partial charge in [-0.2, -0.15) is 0 Å². The van der Waals surface area contributed by atoms with Gasteiger partial charge in [-0.3, -0.25) is 14.5 Å². The van der Waals surface area contributed by atoms with Crippen molar-refractivity contribution in [2.24, 2.45) is 0 Å². The molecule has 1 saturated heterocycles. The van der Waals surface area contributed by atoms with Gasteiger partial charge in [0.25, 0.3) is 5.91 Å². The number of aryl methyl sites for hydroxylation is 2. The molecule has 0 saturated carbocycles. The van der Waals surface area contributed by atoms with E-state index in [0.29, 0.717) is 26.2 Å². The van der Waals surface area contributed by atoms with Gasteiger partial charge in [0.2, 0.25) is 5.91 Å². The molecule has 0 radical (unpaired) electrons. The lowest BCUT2D eigenvalue weighted by molar-refractivity contribution is -0.124. The van der Waals surface area contributed by atoms with E-state index >= 15 is 0 Å². The van der Waals surface area contributed by atoms with Crippen molar-refractivity contribution in [3.63, 3.8) is 0 Å². The van der Waals surface area contributed by atoms with E-state index in [1.54, 1.807) is 4.90 Å². The number of carbonyl (C=O) groups is 2. The van der Waals surface area contributed by atoms with Crippen LogP contribution in [0.4, 0.5) is 5.69 Å². The lowest BCUT2D eigenvalue weighted by Gasteiger charge is -2.21. The van der Waals surface area contributed by atoms with Gasteiger partial charge in [-0.15, -0.1) is 6.42 Å². The third kappa shape index (κ3) is 5.07. The minimum absolute atomic E-state index is 0.00711. The fourth-order valence-electron chi connectivity index (χ4n) is 3.21. The van der Waals surface area contributed by atoms with Gasteiger partial charge in [0, 0.05) is 31.9 Å². The molecule has 0 aromatic heterocycles. The summed E-state index contributed by atoms with van der Waals surface area (Å²) in [6.45, 7) is 7.20. The van der Waals surface area contributed by atoms with E-state index in [9.17, 15) is 9.59 Å². The second-order valence-corrected chi connectivity index (χ2v) is 6.27. The van der Waals surface area contributed by atoms with Crippen molar-refractivity contribution in [2.75, 3.05) is 38.0 Å². The molecule has 1 aromatic carbocycles. The molecule has 1 heterocycles. The monoisotopic (exact) mass is 341 g/mol. The summed E-state index contributed by atoms with van der Waals surface area (Å²) in [7, 11) is 0. The van der Waals surface area contributed by atoms with Crippen LogP contribution < -0.4 is 5.32 Å². The molecule has 0 spiro atoms. The first-order chi connectivity index (χ1) is 12.1. The number of terminal acetylenes is 1. The molecular weight excluding hydrogens is 314 g/mol. The summed E-state index contributed by atoms with van der Waals surface area (Å²) in [6, 6.07) is 6.16. The summed E-state index contributed by atoms with van der Waals surface area (Å²) in [5.41, 5.74) is 3.28. The largest absolute Gasteiger partial charge is 0.331 e. The number of anilines is 1. The topological polar surface area (TPSA) is 52.7 Å². The van der Waals surface area contributed by atoms with Crippen molar-refractivity contribution in [2.45, 2.75) is 33.1 Å². The number of carbonyl (C=O) groups excluding carboxylic acids is 2. The van der Waals surface area contributed by atoms with Crippen LogP contribution in [0.2, 0.25) is 0 Å². The maximum atomic E-state index is 12.5. The first-order valence-electron chi connectivity index (χ1n) is 8.97. The average Bonchev–Trinajstić information content (AvgIpc) is 2.86. The first kappa shape index (κ1) is 19.0. The maximum absolute atomic E-state index is 12.5. The Hall–Kier alpha value is -2.32. The molecular formula is C20H27N3O2. The molecule has 2 amide bonds. The molecule has 25 heavy (non-hydrogen) atoms. The summed E-state index contributed by atoms with van der Waals surface area (Å²) >= 11 is 0. The van der Waals surface area contributed by atoms with Crippen LogP contribution in [0.25, 0.3) is 0 Å². The lowest BCUT2D eigenvalue weighted by Crippen LogP contribution is -2.37. The molecule has 2 rings (SSSR count). The Morgan fingerprint density at radius 1 is 1.12 bits per heavy atom. The summed E-state index contributed by atoms with van der Waals surface area (Å²) in [4.78, 5) is 27.9. The van der Waals surface area contributed by atoms with Crippen LogP contribution >= 0.6 is 0 Å². The smallest absolute Gasteiger partial charge is 0.298 e. The van der Waals surface area contributed by atoms with E-state index < -0.39 is 0 Å². The normalized spacial score (nSPS) is 15.3. The Balaban J connectivity index is 1.97. The van der Waals surface area contributed by atoms with Crippen molar-refractivity contribution in [3.05, 3.63) is 29.3 Å². The molecule has 1 fully saturated rings. The van der Waals surface area contributed by atoms with Gasteiger partial charge in [-0.05, 0) is 36.3 Å². The molecule has 0 bridgehead atoms. The maximum Gasteiger partial charge on any atom is 0.298 e. The number of rotatable bonds is 5. The third-order valence-electron chi connectivity index (χ3n) is 4.63. The van der Waals surface area contributed by atoms with Gasteiger partial charge in [0.05, 0.1) is 6.54 Å². The van der Waals surface area contributed by atoms with Crippen molar-refractivity contribution in [1.82, 2.24) is 9.80 Å².